The third-order valence-electron chi connectivity index (χ3n) is 13.7. The van der Waals surface area contributed by atoms with Gasteiger partial charge in [0.25, 0.3) is 0 Å². The van der Waals surface area contributed by atoms with Crippen LogP contribution in [0.25, 0.3) is 0 Å². The first kappa shape index (κ1) is 63.2. The van der Waals surface area contributed by atoms with Crippen LogP contribution in [0.3, 0.4) is 0 Å². The number of carbonyl (C=O) groups is 11. The van der Waals surface area contributed by atoms with E-state index in [1.807, 2.05) is 0 Å². The van der Waals surface area contributed by atoms with Gasteiger partial charge in [0.05, 0.1) is 20.1 Å². The van der Waals surface area contributed by atoms with E-state index in [-0.39, 0.29) is 63.3 Å². The van der Waals surface area contributed by atoms with Gasteiger partial charge in [-0.2, -0.15) is 0 Å². The summed E-state index contributed by atoms with van der Waals surface area (Å²) in [5.74, 6) is -8.92. The highest BCUT2D eigenvalue weighted by Crippen LogP contribution is 2.48. The van der Waals surface area contributed by atoms with Crippen LogP contribution in [0, 0.1) is 0 Å². The molecule has 2 saturated heterocycles. The van der Waals surface area contributed by atoms with E-state index in [2.05, 4.69) is 42.2 Å². The molecule has 2 aliphatic heterocycles. The molecular formula is C52H74N14O12S2. The number of guanidine groups is 1. The summed E-state index contributed by atoms with van der Waals surface area (Å²) in [7, 11) is 4.02. The zero-order valence-corrected chi connectivity index (χ0v) is 46.3. The lowest BCUT2D eigenvalue weighted by Crippen LogP contribution is -2.61. The van der Waals surface area contributed by atoms with Crippen molar-refractivity contribution in [1.29, 1.82) is 0 Å². The Morgan fingerprint density at radius 2 is 1.35 bits per heavy atom. The Kier molecular flexibility index (Phi) is 24.7. The number of primary amides is 3. The Morgan fingerprint density at radius 1 is 0.738 bits per heavy atom. The number of carbonyl (C=O) groups excluding carboxylic acids is 11. The maximum atomic E-state index is 15.0. The summed E-state index contributed by atoms with van der Waals surface area (Å²) in [6.45, 7) is -0.382. The Labute approximate surface area is 471 Å². The van der Waals surface area contributed by atoms with Crippen LogP contribution < -0.4 is 70.6 Å². The standard InChI is InChI=1S/C52H74N14O12S2/c1-78-32-16-14-31(15-17-32)25-35-46(73)63-36(24-30-10-4-2-5-11-30)47(74)61-34(18-19-40(53)67)45(72)64-37(26-41(54)68)48(75)65-38(29-79-80-52(27-43(70)60-35)20-6-3-7-21-52)50(77)66-23-9-13-39(66)49(76)62-33(12-8-22-58-51(56)57)44(71)59-28-42(55)69/h2,4-5,10-11,14-17,33-39H,3,6-9,12-13,18-29H2,1H3,(H2,53,67)(H2,54,68)(H2,55,69)(H,59,71)(H,60,70)(H,61,74)(H,62,76)(H,63,73)(H,64,72)(H,65,75)(H4,56,57,58)/t33-,34-,35-,36-,37-,38+,39-/m0/s1. The molecule has 0 bridgehead atoms. The largest absolute Gasteiger partial charge is 0.497 e. The van der Waals surface area contributed by atoms with Gasteiger partial charge in [-0.25, -0.2) is 0 Å². The van der Waals surface area contributed by atoms with Gasteiger partial charge in [-0.05, 0) is 68.2 Å². The molecule has 80 heavy (non-hydrogen) atoms. The average molecular weight is 1150 g/mol. The number of hydrogen-bond acceptors (Lipinski definition) is 15. The molecule has 1 saturated carbocycles. The Morgan fingerprint density at radius 3 is 1.98 bits per heavy atom. The van der Waals surface area contributed by atoms with Crippen molar-refractivity contribution in [1.82, 2.24) is 42.1 Å². The summed E-state index contributed by atoms with van der Waals surface area (Å²) in [4.78, 5) is 156. The van der Waals surface area contributed by atoms with Gasteiger partial charge in [0, 0.05) is 49.3 Å². The van der Waals surface area contributed by atoms with Crippen molar-refractivity contribution in [2.75, 3.05) is 32.5 Å². The normalized spacial score (nSPS) is 22.6. The second-order valence-electron chi connectivity index (χ2n) is 20.0. The predicted octanol–water partition coefficient (Wildman–Crippen LogP) is -2.34. The van der Waals surface area contributed by atoms with Gasteiger partial charge in [-0.3, -0.25) is 57.7 Å². The minimum absolute atomic E-state index is 0.0113. The van der Waals surface area contributed by atoms with E-state index in [0.717, 1.165) is 19.3 Å². The van der Waals surface area contributed by atoms with Crippen LogP contribution in [0.15, 0.2) is 59.6 Å². The first-order valence-corrected chi connectivity index (χ1v) is 28.7. The zero-order valence-electron chi connectivity index (χ0n) is 44.7. The molecule has 0 radical (unpaired) electrons. The number of aliphatic imine (C=N–C) groups is 1. The zero-order chi connectivity index (χ0) is 58.4. The van der Waals surface area contributed by atoms with Crippen molar-refractivity contribution in [2.24, 2.45) is 33.7 Å². The van der Waals surface area contributed by atoms with Crippen molar-refractivity contribution in [3.8, 4) is 5.75 Å². The number of likely N-dealkylation sites (tertiary alicyclic amines) is 1. The average Bonchev–Trinajstić information content (AvgIpc) is 3.95. The lowest BCUT2D eigenvalue weighted by atomic mass is 9.85. The van der Waals surface area contributed by atoms with Crippen LogP contribution in [-0.2, 0) is 65.6 Å². The number of amides is 11. The molecule has 2 aromatic carbocycles. The Bertz CT molecular complexity index is 2570. The maximum absolute atomic E-state index is 15.0. The number of nitrogens with one attached hydrogen (secondary N) is 7. The third-order valence-corrected chi connectivity index (χ3v) is 17.0. The molecule has 3 fully saturated rings. The van der Waals surface area contributed by atoms with Gasteiger partial charge in [0.2, 0.25) is 65.0 Å². The highest BCUT2D eigenvalue weighted by atomic mass is 33.1. The smallest absolute Gasteiger partial charge is 0.246 e. The molecule has 2 aromatic rings. The van der Waals surface area contributed by atoms with Crippen molar-refractivity contribution in [3.63, 3.8) is 0 Å². The van der Waals surface area contributed by atoms with E-state index in [1.165, 1.54) is 33.6 Å². The number of nitrogens with zero attached hydrogens (tertiary/aromatic N) is 2. The van der Waals surface area contributed by atoms with Gasteiger partial charge in [0.15, 0.2) is 5.96 Å². The SMILES string of the molecule is COc1ccc(C[C@@H]2NC(=O)CC3(CCCCC3)SSC[C@H](C(=O)N3CCC[C@H]3C(=O)N[C@@H](CCCN=C(N)N)C(=O)NCC(N)=O)NC(=O)[C@H](CC(N)=O)NC(=O)[C@H](CCC(N)=O)NC(=O)[C@H](Cc3ccccc3)NC2=O)cc1. The number of benzene rings is 2. The summed E-state index contributed by atoms with van der Waals surface area (Å²) in [5.41, 5.74) is 28.5. The Balaban J connectivity index is 1.53. The topological polar surface area (TPSA) is 427 Å². The van der Waals surface area contributed by atoms with Gasteiger partial charge < -0.3 is 75.5 Å². The summed E-state index contributed by atoms with van der Waals surface area (Å²) in [5, 5.41) is 18.5. The lowest BCUT2D eigenvalue weighted by molar-refractivity contribution is -0.142. The number of nitrogens with two attached hydrogens (primary N) is 5. The summed E-state index contributed by atoms with van der Waals surface area (Å²) in [6.07, 6.45) is 2.41. The van der Waals surface area contributed by atoms with Crippen molar-refractivity contribution < 1.29 is 57.5 Å². The van der Waals surface area contributed by atoms with Crippen molar-refractivity contribution >= 4 is 92.5 Å². The molecular weight excluding hydrogens is 1080 g/mol. The van der Waals surface area contributed by atoms with Crippen molar-refractivity contribution in [2.45, 2.75) is 143 Å². The predicted molar refractivity (Wildman–Crippen MR) is 298 cm³/mol. The van der Waals surface area contributed by atoms with Crippen LogP contribution >= 0.6 is 21.6 Å². The molecule has 5 rings (SSSR count). The molecule has 1 aliphatic carbocycles. The summed E-state index contributed by atoms with van der Waals surface area (Å²) < 4.78 is 4.59. The van der Waals surface area contributed by atoms with Crippen LogP contribution in [0.2, 0.25) is 0 Å². The van der Waals surface area contributed by atoms with Crippen LogP contribution in [-0.4, -0.2) is 155 Å². The van der Waals surface area contributed by atoms with E-state index in [0.29, 0.717) is 36.1 Å². The van der Waals surface area contributed by atoms with E-state index in [4.69, 9.17) is 33.4 Å². The lowest BCUT2D eigenvalue weighted by Gasteiger charge is -2.37. The molecule has 436 valence electrons. The second kappa shape index (κ2) is 31.2. The second-order valence-corrected chi connectivity index (χ2v) is 22.8. The molecule has 11 amide bonds. The molecule has 28 heteroatoms. The fourth-order valence-electron chi connectivity index (χ4n) is 9.59. The van der Waals surface area contributed by atoms with E-state index in [1.54, 1.807) is 54.6 Å². The molecule has 26 nitrogen and oxygen atoms in total. The number of ether oxygens (including phenoxy) is 1. The first-order valence-electron chi connectivity index (χ1n) is 26.4. The number of rotatable bonds is 20. The molecule has 0 aromatic heterocycles. The number of hydrogen-bond donors (Lipinski definition) is 12. The summed E-state index contributed by atoms with van der Waals surface area (Å²) in [6, 6.07) is 5.70. The first-order chi connectivity index (χ1) is 38.1. The van der Waals surface area contributed by atoms with Crippen LogP contribution in [0.5, 0.6) is 5.75 Å². The molecule has 0 unspecified atom stereocenters. The molecule has 7 atom stereocenters. The fraction of sp³-hybridized carbons (Fsp3) is 0.538. The van der Waals surface area contributed by atoms with Crippen LogP contribution in [0.1, 0.15) is 94.6 Å². The minimum atomic E-state index is -1.77. The van der Waals surface area contributed by atoms with E-state index >= 15 is 0 Å². The highest BCUT2D eigenvalue weighted by Gasteiger charge is 2.42. The van der Waals surface area contributed by atoms with Gasteiger partial charge in [0.1, 0.15) is 48.0 Å². The van der Waals surface area contributed by atoms with E-state index < -0.39 is 138 Å². The van der Waals surface area contributed by atoms with Crippen molar-refractivity contribution in [3.05, 3.63) is 65.7 Å². The van der Waals surface area contributed by atoms with Gasteiger partial charge in [-0.1, -0.05) is 83.3 Å². The number of methoxy groups -OCH3 is 1. The van der Waals surface area contributed by atoms with Gasteiger partial charge in [-0.15, -0.1) is 0 Å². The summed E-state index contributed by atoms with van der Waals surface area (Å²) >= 11 is 0. The third kappa shape index (κ3) is 20.2. The fourth-order valence-corrected chi connectivity index (χ4v) is 13.0. The molecule has 1 spiro atoms. The Hall–Kier alpha value is -7.62. The minimum Gasteiger partial charge on any atom is -0.497 e. The van der Waals surface area contributed by atoms with E-state index in [9.17, 15) is 52.7 Å². The molecule has 2 heterocycles. The molecule has 17 N–H and O–H groups in total. The van der Waals surface area contributed by atoms with Crippen LogP contribution in [0.4, 0.5) is 0 Å². The quantitative estimate of drug-likeness (QED) is 0.0286. The highest BCUT2D eigenvalue weighted by molar-refractivity contribution is 8.77. The molecule has 3 aliphatic rings. The van der Waals surface area contributed by atoms with Gasteiger partial charge >= 0.3 is 0 Å². The monoisotopic (exact) mass is 1150 g/mol. The maximum Gasteiger partial charge on any atom is 0.246 e.